The van der Waals surface area contributed by atoms with Gasteiger partial charge in [0.25, 0.3) is 11.8 Å². The van der Waals surface area contributed by atoms with E-state index in [1.165, 1.54) is 0 Å². The lowest BCUT2D eigenvalue weighted by molar-refractivity contribution is -0.116. The van der Waals surface area contributed by atoms with Crippen molar-refractivity contribution in [2.75, 3.05) is 11.9 Å². The lowest BCUT2D eigenvalue weighted by Gasteiger charge is -2.13. The predicted octanol–water partition coefficient (Wildman–Crippen LogP) is 4.95. The molecule has 0 bridgehead atoms. The molecule has 0 heterocycles. The van der Waals surface area contributed by atoms with Crippen LogP contribution in [0.4, 0.5) is 5.69 Å². The molecule has 0 fully saturated rings. The highest BCUT2D eigenvalue weighted by Crippen LogP contribution is 2.26. The van der Waals surface area contributed by atoms with Crippen LogP contribution in [0, 0.1) is 5.92 Å². The maximum Gasteiger partial charge on any atom is 0.269 e. The first-order valence-corrected chi connectivity index (χ1v) is 12.6. The Morgan fingerprint density at radius 2 is 1.69 bits per heavy atom. The second kappa shape index (κ2) is 14.4. The van der Waals surface area contributed by atoms with Crippen molar-refractivity contribution in [1.82, 2.24) is 16.2 Å². The summed E-state index contributed by atoms with van der Waals surface area (Å²) in [7, 11) is 0. The second-order valence-corrected chi connectivity index (χ2v) is 9.53. The summed E-state index contributed by atoms with van der Waals surface area (Å²) < 4.78 is 6.39. The fraction of sp³-hybridized carbons (Fsp3) is 0.360. The number of carbonyl (C=O) groups excluding carboxylic acids is 3. The van der Waals surface area contributed by atoms with Crippen LogP contribution >= 0.6 is 28.1 Å². The SMILES string of the molecule is CCCCC(=O)Nc1ccc(C(=O)NNC(=S)NC(=O)c2ccc(OCCC(C)C)c(Br)c2)cc1. The van der Waals surface area contributed by atoms with E-state index >= 15 is 0 Å². The maximum atomic E-state index is 12.5. The summed E-state index contributed by atoms with van der Waals surface area (Å²) in [4.78, 5) is 36.6. The van der Waals surface area contributed by atoms with Crippen LogP contribution in [0.5, 0.6) is 5.75 Å². The van der Waals surface area contributed by atoms with E-state index in [-0.39, 0.29) is 11.0 Å². The Kier molecular flexibility index (Phi) is 11.6. The molecular weight excluding hydrogens is 532 g/mol. The van der Waals surface area contributed by atoms with E-state index in [9.17, 15) is 14.4 Å². The number of nitrogens with one attached hydrogen (secondary N) is 4. The minimum Gasteiger partial charge on any atom is -0.492 e. The van der Waals surface area contributed by atoms with Crippen LogP contribution in [0.3, 0.4) is 0 Å². The number of amides is 3. The van der Waals surface area contributed by atoms with Gasteiger partial charge >= 0.3 is 0 Å². The Morgan fingerprint density at radius 3 is 2.31 bits per heavy atom. The van der Waals surface area contributed by atoms with Crippen LogP contribution < -0.4 is 26.2 Å². The zero-order valence-electron chi connectivity index (χ0n) is 20.1. The number of hydrazine groups is 1. The van der Waals surface area contributed by atoms with Crippen molar-refractivity contribution in [2.24, 2.45) is 5.92 Å². The van der Waals surface area contributed by atoms with Crippen molar-refractivity contribution in [3.05, 3.63) is 58.1 Å². The van der Waals surface area contributed by atoms with E-state index in [2.05, 4.69) is 51.3 Å². The summed E-state index contributed by atoms with van der Waals surface area (Å²) in [6, 6.07) is 11.4. The average molecular weight is 564 g/mol. The third-order valence-electron chi connectivity index (χ3n) is 4.85. The highest BCUT2D eigenvalue weighted by atomic mass is 79.9. The summed E-state index contributed by atoms with van der Waals surface area (Å²) >= 11 is 8.52. The molecule has 0 aliphatic carbocycles. The lowest BCUT2D eigenvalue weighted by Crippen LogP contribution is -2.48. The molecule has 4 N–H and O–H groups in total. The van der Waals surface area contributed by atoms with E-state index in [4.69, 9.17) is 17.0 Å². The van der Waals surface area contributed by atoms with Gasteiger partial charge in [-0.3, -0.25) is 30.6 Å². The van der Waals surface area contributed by atoms with E-state index in [0.717, 1.165) is 19.3 Å². The number of thiocarbonyl (C=S) groups is 1. The fourth-order valence-electron chi connectivity index (χ4n) is 2.82. The van der Waals surface area contributed by atoms with Gasteiger partial charge in [0.1, 0.15) is 5.75 Å². The molecule has 188 valence electrons. The molecule has 2 aromatic carbocycles. The van der Waals surface area contributed by atoms with E-state index in [1.807, 2.05) is 6.92 Å². The summed E-state index contributed by atoms with van der Waals surface area (Å²) in [6.45, 7) is 6.86. The molecule has 0 aromatic heterocycles. The molecular formula is C25H31BrN4O4S. The first kappa shape index (κ1) is 28.3. The van der Waals surface area contributed by atoms with Crippen molar-refractivity contribution >= 4 is 56.7 Å². The van der Waals surface area contributed by atoms with Crippen molar-refractivity contribution in [3.63, 3.8) is 0 Å². The Labute approximate surface area is 219 Å². The highest BCUT2D eigenvalue weighted by molar-refractivity contribution is 9.10. The van der Waals surface area contributed by atoms with Gasteiger partial charge in [-0.25, -0.2) is 0 Å². The normalized spacial score (nSPS) is 10.4. The molecule has 10 heteroatoms. The van der Waals surface area contributed by atoms with Gasteiger partial charge in [-0.1, -0.05) is 27.2 Å². The number of anilines is 1. The predicted molar refractivity (Wildman–Crippen MR) is 144 cm³/mol. The van der Waals surface area contributed by atoms with E-state index < -0.39 is 11.8 Å². The molecule has 2 aromatic rings. The number of benzene rings is 2. The molecule has 2 rings (SSSR count). The monoisotopic (exact) mass is 562 g/mol. The first-order valence-electron chi connectivity index (χ1n) is 11.4. The van der Waals surface area contributed by atoms with Gasteiger partial charge in [0.15, 0.2) is 5.11 Å². The average Bonchev–Trinajstić information content (AvgIpc) is 2.82. The fourth-order valence-corrected chi connectivity index (χ4v) is 3.46. The van der Waals surface area contributed by atoms with Gasteiger partial charge in [-0.2, -0.15) is 0 Å². The van der Waals surface area contributed by atoms with Crippen LogP contribution in [0.2, 0.25) is 0 Å². The highest BCUT2D eigenvalue weighted by Gasteiger charge is 2.12. The Morgan fingerprint density at radius 1 is 1.00 bits per heavy atom. The van der Waals surface area contributed by atoms with Gasteiger partial charge < -0.3 is 10.1 Å². The van der Waals surface area contributed by atoms with Crippen LogP contribution in [0.25, 0.3) is 0 Å². The number of hydrogen-bond acceptors (Lipinski definition) is 5. The molecule has 0 spiro atoms. The topological polar surface area (TPSA) is 109 Å². The molecule has 0 aliphatic heterocycles. The minimum atomic E-state index is -0.448. The summed E-state index contributed by atoms with van der Waals surface area (Å²) in [5, 5.41) is 5.24. The van der Waals surface area contributed by atoms with Gasteiger partial charge in [-0.15, -0.1) is 0 Å². The molecule has 0 saturated heterocycles. The molecule has 0 saturated carbocycles. The molecule has 3 amide bonds. The number of carbonyl (C=O) groups is 3. The zero-order valence-corrected chi connectivity index (χ0v) is 22.5. The summed E-state index contributed by atoms with van der Waals surface area (Å²) in [6.07, 6.45) is 3.15. The van der Waals surface area contributed by atoms with Gasteiger partial charge in [0.05, 0.1) is 11.1 Å². The lowest BCUT2D eigenvalue weighted by atomic mass is 10.1. The third kappa shape index (κ3) is 10.0. The minimum absolute atomic E-state index is 0.0588. The second-order valence-electron chi connectivity index (χ2n) is 8.27. The maximum absolute atomic E-state index is 12.5. The Bertz CT molecular complexity index is 1040. The summed E-state index contributed by atoms with van der Waals surface area (Å²) in [5.74, 6) is 0.245. The van der Waals surface area contributed by atoms with Crippen molar-refractivity contribution < 1.29 is 19.1 Å². The number of ether oxygens (including phenoxy) is 1. The quantitative estimate of drug-likeness (QED) is 0.241. The molecule has 0 unspecified atom stereocenters. The third-order valence-corrected chi connectivity index (χ3v) is 5.68. The van der Waals surface area contributed by atoms with Crippen LogP contribution in [-0.2, 0) is 4.79 Å². The summed E-state index contributed by atoms with van der Waals surface area (Å²) in [5.41, 5.74) is 6.29. The van der Waals surface area contributed by atoms with Crippen molar-refractivity contribution in [1.29, 1.82) is 0 Å². The first-order chi connectivity index (χ1) is 16.7. The van der Waals surface area contributed by atoms with Crippen LogP contribution in [-0.4, -0.2) is 29.4 Å². The zero-order chi connectivity index (χ0) is 25.8. The number of halogens is 1. The largest absolute Gasteiger partial charge is 0.492 e. The van der Waals surface area contributed by atoms with Gasteiger partial charge in [-0.05, 0) is 89.4 Å². The van der Waals surface area contributed by atoms with Crippen LogP contribution in [0.15, 0.2) is 46.9 Å². The van der Waals surface area contributed by atoms with Gasteiger partial charge in [0.2, 0.25) is 5.91 Å². The van der Waals surface area contributed by atoms with Crippen molar-refractivity contribution in [2.45, 2.75) is 46.5 Å². The standard InChI is InChI=1S/C25H31BrN4O4S/c1-4-5-6-22(31)27-19-10-7-17(8-11-19)24(33)29-30-25(35)28-23(32)18-9-12-21(20(26)15-18)34-14-13-16(2)3/h7-12,15-16H,4-6,13-14H2,1-3H3,(H,27,31)(H,29,33)(H2,28,30,32,35). The number of unbranched alkanes of at least 4 members (excludes halogenated alkanes) is 1. The molecule has 8 nitrogen and oxygen atoms in total. The number of hydrogen-bond donors (Lipinski definition) is 4. The van der Waals surface area contributed by atoms with Crippen molar-refractivity contribution in [3.8, 4) is 5.75 Å². The molecule has 0 aliphatic rings. The van der Waals surface area contributed by atoms with E-state index in [0.29, 0.717) is 46.0 Å². The smallest absolute Gasteiger partial charge is 0.269 e. The Balaban J connectivity index is 1.81. The molecule has 0 atom stereocenters. The Hall–Kier alpha value is -2.98. The molecule has 35 heavy (non-hydrogen) atoms. The van der Waals surface area contributed by atoms with Gasteiger partial charge in [0, 0.05) is 23.2 Å². The number of rotatable bonds is 10. The molecule has 0 radical (unpaired) electrons. The van der Waals surface area contributed by atoms with E-state index in [1.54, 1.807) is 42.5 Å². The van der Waals surface area contributed by atoms with Crippen LogP contribution in [0.1, 0.15) is 67.2 Å².